The molecule has 0 spiro atoms. The van der Waals surface area contributed by atoms with E-state index in [1.807, 2.05) is 0 Å². The number of hydrogen-bond donors (Lipinski definition) is 2. The molecule has 6 nitrogen and oxygen atoms in total. The van der Waals surface area contributed by atoms with Gasteiger partial charge >= 0.3 is 40.7 Å². The monoisotopic (exact) mass is 349 g/mol. The normalized spacial score (nSPS) is 10.4. The van der Waals surface area contributed by atoms with Gasteiger partial charge in [0.2, 0.25) is 11.5 Å². The predicted molar refractivity (Wildman–Crippen MR) is 48.7 cm³/mol. The van der Waals surface area contributed by atoms with Gasteiger partial charge in [-0.1, -0.05) is 0 Å². The number of aromatic carboxylic acids is 2. The fraction of sp³-hybridized carbons (Fsp3) is 0. The number of carboxylic acids is 2. The quantitative estimate of drug-likeness (QED) is 0.645. The van der Waals surface area contributed by atoms with E-state index in [2.05, 4.69) is 0 Å². The number of rotatable bonds is 4. The van der Waals surface area contributed by atoms with Crippen LogP contribution in [0, 0.1) is 7.53 Å². The molecular weight excluding hydrogens is 343 g/mol. The van der Waals surface area contributed by atoms with Gasteiger partial charge in [-0.15, -0.1) is 0 Å². The zero-order valence-electron chi connectivity index (χ0n) is 8.21. The van der Waals surface area contributed by atoms with Crippen LogP contribution in [0.3, 0.4) is 0 Å². The van der Waals surface area contributed by atoms with Gasteiger partial charge in [-0.3, -0.25) is 0 Å². The van der Waals surface area contributed by atoms with Gasteiger partial charge < -0.3 is 19.0 Å². The SMILES string of the molecule is O=C(O)c1ccc([I+]c2ccc(C(=O)O)o2)o1. The molecule has 88 valence electrons. The van der Waals surface area contributed by atoms with E-state index in [0.717, 1.165) is 0 Å². The number of halogens is 1. The summed E-state index contributed by atoms with van der Waals surface area (Å²) in [6, 6.07) is 5.83. The molecule has 0 bridgehead atoms. The average Bonchev–Trinajstić information content (AvgIpc) is 2.87. The molecule has 0 aliphatic carbocycles. The fourth-order valence-electron chi connectivity index (χ4n) is 1.05. The zero-order valence-corrected chi connectivity index (χ0v) is 10.4. The number of furan rings is 2. The van der Waals surface area contributed by atoms with Crippen LogP contribution in [-0.2, 0) is 0 Å². The molecule has 2 aromatic rings. The van der Waals surface area contributed by atoms with E-state index in [-0.39, 0.29) is 11.5 Å². The van der Waals surface area contributed by atoms with Crippen molar-refractivity contribution in [1.29, 1.82) is 0 Å². The van der Waals surface area contributed by atoms with E-state index in [1.165, 1.54) is 12.1 Å². The molecule has 2 heterocycles. The van der Waals surface area contributed by atoms with E-state index < -0.39 is 33.1 Å². The Balaban J connectivity index is 2.13. The zero-order chi connectivity index (χ0) is 12.4. The number of carbonyl (C=O) groups is 2. The fourth-order valence-corrected chi connectivity index (χ4v) is 2.99. The molecule has 0 aliphatic rings. The molecule has 0 amide bonds. The second-order valence-corrected chi connectivity index (χ2v) is 5.58. The Bertz CT molecular complexity index is 517. The Kier molecular flexibility index (Phi) is 3.18. The Labute approximate surface area is 105 Å². The summed E-state index contributed by atoms with van der Waals surface area (Å²) in [6.07, 6.45) is 0. The van der Waals surface area contributed by atoms with E-state index in [1.54, 1.807) is 12.1 Å². The van der Waals surface area contributed by atoms with Crippen molar-refractivity contribution in [2.24, 2.45) is 0 Å². The molecule has 0 aromatic carbocycles. The van der Waals surface area contributed by atoms with Crippen molar-refractivity contribution in [3.8, 4) is 0 Å². The van der Waals surface area contributed by atoms with Crippen LogP contribution in [0.15, 0.2) is 33.1 Å². The van der Waals surface area contributed by atoms with Crippen LogP contribution in [-0.4, -0.2) is 22.2 Å². The van der Waals surface area contributed by atoms with Crippen molar-refractivity contribution in [2.45, 2.75) is 0 Å². The third-order valence-corrected chi connectivity index (χ3v) is 3.98. The van der Waals surface area contributed by atoms with Crippen LogP contribution in [0.4, 0.5) is 0 Å². The van der Waals surface area contributed by atoms with Gasteiger partial charge in [0.1, 0.15) is 0 Å². The van der Waals surface area contributed by atoms with E-state index in [0.29, 0.717) is 7.53 Å². The Hall–Kier alpha value is -1.77. The lowest BCUT2D eigenvalue weighted by Crippen LogP contribution is -3.61. The van der Waals surface area contributed by atoms with Crippen molar-refractivity contribution in [1.82, 2.24) is 0 Å². The highest BCUT2D eigenvalue weighted by molar-refractivity contribution is 5.84. The highest BCUT2D eigenvalue weighted by Gasteiger charge is 2.27. The van der Waals surface area contributed by atoms with Gasteiger partial charge in [0.15, 0.2) is 0 Å². The summed E-state index contributed by atoms with van der Waals surface area (Å²) in [7, 11) is 0. The standard InChI is InChI=1S/C10H5IO6/c12-9(13)5-1-3-7(16-5)11-8-4-2-6(17-8)10(14)15/h1-4H,(H-,12,13,14,15)/p+1. The van der Waals surface area contributed by atoms with Crippen molar-refractivity contribution < 1.29 is 49.8 Å². The third-order valence-electron chi connectivity index (χ3n) is 1.75. The van der Waals surface area contributed by atoms with Gasteiger partial charge in [0, 0.05) is 12.1 Å². The maximum absolute atomic E-state index is 10.6. The van der Waals surface area contributed by atoms with Gasteiger partial charge in [-0.05, 0) is 12.1 Å². The van der Waals surface area contributed by atoms with Crippen LogP contribution in [0.2, 0.25) is 0 Å². The van der Waals surface area contributed by atoms with E-state index in [9.17, 15) is 9.59 Å². The van der Waals surface area contributed by atoms with Crippen LogP contribution in [0.25, 0.3) is 0 Å². The van der Waals surface area contributed by atoms with E-state index in [4.69, 9.17) is 19.0 Å². The average molecular weight is 349 g/mol. The topological polar surface area (TPSA) is 101 Å². The summed E-state index contributed by atoms with van der Waals surface area (Å²) in [6.45, 7) is 0. The second-order valence-electron chi connectivity index (χ2n) is 2.91. The first-order valence-corrected chi connectivity index (χ1v) is 6.53. The molecular formula is C10H6IO6+. The third kappa shape index (κ3) is 2.67. The summed E-state index contributed by atoms with van der Waals surface area (Å²) in [5.41, 5.74) is 0. The Morgan fingerprint density at radius 2 is 1.29 bits per heavy atom. The lowest BCUT2D eigenvalue weighted by atomic mass is 10.5. The first-order chi connectivity index (χ1) is 8.06. The molecule has 2 aromatic heterocycles. The van der Waals surface area contributed by atoms with Crippen LogP contribution in [0.5, 0.6) is 0 Å². The molecule has 17 heavy (non-hydrogen) atoms. The number of hydrogen-bond acceptors (Lipinski definition) is 4. The highest BCUT2D eigenvalue weighted by Crippen LogP contribution is 2.01. The molecule has 0 aliphatic heterocycles. The van der Waals surface area contributed by atoms with Gasteiger partial charge in [0.25, 0.3) is 0 Å². The maximum atomic E-state index is 10.6. The van der Waals surface area contributed by atoms with Gasteiger partial charge in [0.05, 0.1) is 0 Å². The van der Waals surface area contributed by atoms with Crippen molar-refractivity contribution >= 4 is 11.9 Å². The lowest BCUT2D eigenvalue weighted by molar-refractivity contribution is -0.636. The molecule has 0 saturated carbocycles. The first-order valence-electron chi connectivity index (χ1n) is 4.37. The summed E-state index contributed by atoms with van der Waals surface area (Å²) >= 11 is -0.841. The van der Waals surface area contributed by atoms with Crippen LogP contribution in [0.1, 0.15) is 21.1 Å². The van der Waals surface area contributed by atoms with E-state index >= 15 is 0 Å². The van der Waals surface area contributed by atoms with Gasteiger partial charge in [-0.25, -0.2) is 9.59 Å². The maximum Gasteiger partial charge on any atom is 0.443 e. The predicted octanol–water partition coefficient (Wildman–Crippen LogP) is -1.60. The molecule has 0 radical (unpaired) electrons. The summed E-state index contributed by atoms with van der Waals surface area (Å²) < 4.78 is 11.1. The van der Waals surface area contributed by atoms with Gasteiger partial charge in [-0.2, -0.15) is 0 Å². The largest absolute Gasteiger partial charge is 0.475 e. The smallest absolute Gasteiger partial charge is 0.443 e. The Morgan fingerprint density at radius 3 is 1.59 bits per heavy atom. The van der Waals surface area contributed by atoms with Crippen LogP contribution < -0.4 is 21.2 Å². The molecule has 0 fully saturated rings. The second kappa shape index (κ2) is 4.62. The molecule has 2 N–H and O–H groups in total. The van der Waals surface area contributed by atoms with Crippen molar-refractivity contribution in [2.75, 3.05) is 0 Å². The van der Waals surface area contributed by atoms with Crippen molar-refractivity contribution in [3.05, 3.63) is 43.3 Å². The minimum Gasteiger partial charge on any atom is -0.475 e. The molecule has 2 rings (SSSR count). The number of carboxylic acid groups (broad SMARTS) is 2. The molecule has 0 unspecified atom stereocenters. The molecule has 0 atom stereocenters. The Morgan fingerprint density at radius 1 is 0.882 bits per heavy atom. The minimum absolute atomic E-state index is 0.135. The molecule has 0 saturated heterocycles. The lowest BCUT2D eigenvalue weighted by Gasteiger charge is -1.81. The highest BCUT2D eigenvalue weighted by atomic mass is 127. The van der Waals surface area contributed by atoms with Crippen molar-refractivity contribution in [3.63, 3.8) is 0 Å². The molecule has 7 heteroatoms. The van der Waals surface area contributed by atoms with Crippen LogP contribution >= 0.6 is 0 Å². The summed E-state index contributed by atoms with van der Waals surface area (Å²) in [5, 5.41) is 17.3. The summed E-state index contributed by atoms with van der Waals surface area (Å²) in [5.74, 6) is -2.54. The summed E-state index contributed by atoms with van der Waals surface area (Å²) in [4.78, 5) is 21.2. The minimum atomic E-state index is -1.13. The first kappa shape index (κ1) is 11.7.